The van der Waals surface area contributed by atoms with Crippen molar-refractivity contribution in [1.29, 1.82) is 5.26 Å². The molecular formula is C10H7ClN4OS. The number of nitrogens with zero attached hydrogens (tertiary/aromatic N) is 4. The second-order valence-corrected chi connectivity index (χ2v) is 5.02. The molecule has 1 atom stereocenters. The lowest BCUT2D eigenvalue weighted by Crippen LogP contribution is -2.16. The van der Waals surface area contributed by atoms with E-state index in [1.807, 2.05) is 6.07 Å². The van der Waals surface area contributed by atoms with Gasteiger partial charge < -0.3 is 0 Å². The van der Waals surface area contributed by atoms with E-state index in [2.05, 4.69) is 10.1 Å². The van der Waals surface area contributed by atoms with E-state index in [1.54, 1.807) is 19.1 Å². The molecule has 2 rings (SSSR count). The molecule has 2 aromatic heterocycles. The number of rotatable bonds is 3. The Bertz CT molecular complexity index is 597. The Balaban J connectivity index is 2.23. The van der Waals surface area contributed by atoms with Gasteiger partial charge in [0.05, 0.1) is 9.21 Å². The molecule has 0 amide bonds. The molecule has 0 saturated carbocycles. The zero-order valence-electron chi connectivity index (χ0n) is 8.79. The van der Waals surface area contributed by atoms with Crippen molar-refractivity contribution in [1.82, 2.24) is 14.8 Å². The van der Waals surface area contributed by atoms with E-state index in [9.17, 15) is 4.79 Å². The van der Waals surface area contributed by atoms with Crippen molar-refractivity contribution < 1.29 is 4.79 Å². The van der Waals surface area contributed by atoms with E-state index in [-0.39, 0.29) is 11.6 Å². The van der Waals surface area contributed by atoms with Crippen molar-refractivity contribution in [3.05, 3.63) is 33.5 Å². The molecule has 0 aliphatic carbocycles. The van der Waals surface area contributed by atoms with Crippen LogP contribution in [0.1, 0.15) is 28.5 Å². The minimum Gasteiger partial charge on any atom is -0.291 e. The zero-order chi connectivity index (χ0) is 12.4. The maximum absolute atomic E-state index is 12.0. The minimum absolute atomic E-state index is 0.0499. The lowest BCUT2D eigenvalue weighted by Gasteiger charge is -2.07. The average Bonchev–Trinajstić information content (AvgIpc) is 2.95. The number of hydrogen-bond acceptors (Lipinski definition) is 5. The van der Waals surface area contributed by atoms with Crippen molar-refractivity contribution >= 4 is 28.7 Å². The summed E-state index contributed by atoms with van der Waals surface area (Å²) < 4.78 is 1.94. The summed E-state index contributed by atoms with van der Waals surface area (Å²) in [6.45, 7) is 1.70. The minimum atomic E-state index is -0.501. The van der Waals surface area contributed by atoms with Crippen molar-refractivity contribution in [2.75, 3.05) is 0 Å². The summed E-state index contributed by atoms with van der Waals surface area (Å²) in [5.41, 5.74) is 0. The fourth-order valence-electron chi connectivity index (χ4n) is 1.29. The number of carbonyl (C=O) groups excluding carboxylic acids is 1. The summed E-state index contributed by atoms with van der Waals surface area (Å²) in [5.74, 6) is -0.0508. The number of ketones is 1. The number of Topliss-reactive ketones (excluding diaryl/α,β-unsaturated/α-hetero) is 1. The highest BCUT2D eigenvalue weighted by Gasteiger charge is 2.20. The van der Waals surface area contributed by atoms with Gasteiger partial charge in [-0.3, -0.25) is 4.79 Å². The summed E-state index contributed by atoms with van der Waals surface area (Å²) in [6.07, 6.45) is 1.37. The summed E-state index contributed by atoms with van der Waals surface area (Å²) in [4.78, 5) is 16.4. The molecule has 0 saturated heterocycles. The van der Waals surface area contributed by atoms with Crippen LogP contribution in [0.3, 0.4) is 0 Å². The van der Waals surface area contributed by atoms with Gasteiger partial charge in [0.15, 0.2) is 5.78 Å². The van der Waals surface area contributed by atoms with Gasteiger partial charge in [0.1, 0.15) is 18.4 Å². The summed E-state index contributed by atoms with van der Waals surface area (Å²) in [6, 6.07) is 4.66. The highest BCUT2D eigenvalue weighted by Crippen LogP contribution is 2.24. The predicted octanol–water partition coefficient (Wildman–Crippen LogP) is 2.31. The number of hydrogen-bond donors (Lipinski definition) is 0. The molecule has 0 N–H and O–H groups in total. The lowest BCUT2D eigenvalue weighted by molar-refractivity contribution is 0.0932. The molecule has 2 aromatic rings. The van der Waals surface area contributed by atoms with E-state index in [1.165, 1.54) is 22.3 Å². The second kappa shape index (κ2) is 4.65. The second-order valence-electron chi connectivity index (χ2n) is 3.30. The Morgan fingerprint density at radius 2 is 2.41 bits per heavy atom. The van der Waals surface area contributed by atoms with Crippen LogP contribution < -0.4 is 0 Å². The number of halogens is 1. The first-order chi connectivity index (χ1) is 8.11. The van der Waals surface area contributed by atoms with Crippen molar-refractivity contribution in [3.63, 3.8) is 0 Å². The average molecular weight is 267 g/mol. The van der Waals surface area contributed by atoms with Gasteiger partial charge in [-0.15, -0.1) is 16.4 Å². The molecule has 7 heteroatoms. The lowest BCUT2D eigenvalue weighted by atomic mass is 10.2. The highest BCUT2D eigenvalue weighted by molar-refractivity contribution is 7.18. The fraction of sp³-hybridized carbons (Fsp3) is 0.200. The molecular weight excluding hydrogens is 260 g/mol. The van der Waals surface area contributed by atoms with Crippen LogP contribution in [0.5, 0.6) is 0 Å². The van der Waals surface area contributed by atoms with Crippen LogP contribution in [0.2, 0.25) is 4.34 Å². The molecule has 5 nitrogen and oxygen atoms in total. The van der Waals surface area contributed by atoms with Gasteiger partial charge in [-0.1, -0.05) is 11.6 Å². The van der Waals surface area contributed by atoms with E-state index in [0.29, 0.717) is 9.21 Å². The Hall–Kier alpha value is -1.71. The molecule has 2 heterocycles. The molecule has 86 valence electrons. The SMILES string of the molecule is CC(C(=O)c1ccc(Cl)s1)n1cnc(C#N)n1. The maximum Gasteiger partial charge on any atom is 0.252 e. The summed E-state index contributed by atoms with van der Waals surface area (Å²) in [5, 5.41) is 12.5. The van der Waals surface area contributed by atoms with Crippen LogP contribution in [0.15, 0.2) is 18.5 Å². The first-order valence-corrected chi connectivity index (χ1v) is 5.92. The molecule has 17 heavy (non-hydrogen) atoms. The third kappa shape index (κ3) is 2.35. The number of aromatic nitrogens is 3. The zero-order valence-corrected chi connectivity index (χ0v) is 10.4. The molecule has 0 aliphatic heterocycles. The van der Waals surface area contributed by atoms with Crippen LogP contribution in [-0.2, 0) is 0 Å². The van der Waals surface area contributed by atoms with Gasteiger partial charge in [-0.2, -0.15) is 5.26 Å². The fourth-order valence-corrected chi connectivity index (χ4v) is 2.35. The van der Waals surface area contributed by atoms with Gasteiger partial charge in [0.2, 0.25) is 0 Å². The van der Waals surface area contributed by atoms with Crippen LogP contribution in [0.25, 0.3) is 0 Å². The van der Waals surface area contributed by atoms with E-state index in [0.717, 1.165) is 0 Å². The van der Waals surface area contributed by atoms with Gasteiger partial charge >= 0.3 is 0 Å². The Labute approximate surface area is 106 Å². The largest absolute Gasteiger partial charge is 0.291 e. The van der Waals surface area contributed by atoms with Crippen LogP contribution in [-0.4, -0.2) is 20.5 Å². The number of thiophene rings is 1. The normalized spacial score (nSPS) is 12.1. The number of nitriles is 1. The van der Waals surface area contributed by atoms with E-state index in [4.69, 9.17) is 16.9 Å². The molecule has 0 aromatic carbocycles. The maximum atomic E-state index is 12.0. The predicted molar refractivity (Wildman–Crippen MR) is 63.1 cm³/mol. The molecule has 0 fully saturated rings. The molecule has 0 radical (unpaired) electrons. The number of carbonyl (C=O) groups is 1. The standard InChI is InChI=1S/C10H7ClN4OS/c1-6(15-5-13-9(4-12)14-15)10(16)7-2-3-8(11)17-7/h2-3,5-6H,1H3. The van der Waals surface area contributed by atoms with Crippen LogP contribution in [0.4, 0.5) is 0 Å². The van der Waals surface area contributed by atoms with Crippen molar-refractivity contribution in [2.24, 2.45) is 0 Å². The van der Waals surface area contributed by atoms with Gasteiger partial charge in [-0.05, 0) is 19.1 Å². The van der Waals surface area contributed by atoms with Crippen LogP contribution in [0, 0.1) is 11.3 Å². The Kier molecular flexibility index (Phi) is 3.22. The van der Waals surface area contributed by atoms with E-state index >= 15 is 0 Å². The molecule has 1 unspecified atom stereocenters. The Morgan fingerprint density at radius 3 is 2.94 bits per heavy atom. The third-order valence-corrected chi connectivity index (χ3v) is 3.45. The van der Waals surface area contributed by atoms with Gasteiger partial charge in [0, 0.05) is 0 Å². The van der Waals surface area contributed by atoms with E-state index < -0.39 is 6.04 Å². The van der Waals surface area contributed by atoms with Gasteiger partial charge in [0.25, 0.3) is 5.82 Å². The van der Waals surface area contributed by atoms with Crippen LogP contribution >= 0.6 is 22.9 Å². The molecule has 0 bridgehead atoms. The third-order valence-electron chi connectivity index (χ3n) is 2.20. The smallest absolute Gasteiger partial charge is 0.252 e. The van der Waals surface area contributed by atoms with Gasteiger partial charge in [-0.25, -0.2) is 9.67 Å². The Morgan fingerprint density at radius 1 is 1.65 bits per heavy atom. The first kappa shape index (κ1) is 11.8. The summed E-state index contributed by atoms with van der Waals surface area (Å²) >= 11 is 6.99. The molecule has 0 spiro atoms. The quantitative estimate of drug-likeness (QED) is 0.799. The monoisotopic (exact) mass is 266 g/mol. The highest BCUT2D eigenvalue weighted by atomic mass is 35.5. The first-order valence-electron chi connectivity index (χ1n) is 4.72. The summed E-state index contributed by atoms with van der Waals surface area (Å²) in [7, 11) is 0. The van der Waals surface area contributed by atoms with Crippen molar-refractivity contribution in [3.8, 4) is 6.07 Å². The van der Waals surface area contributed by atoms with Crippen molar-refractivity contribution in [2.45, 2.75) is 13.0 Å². The topological polar surface area (TPSA) is 71.6 Å². The molecule has 0 aliphatic rings.